The van der Waals surface area contributed by atoms with E-state index in [-0.39, 0.29) is 29.6 Å². The lowest BCUT2D eigenvalue weighted by Crippen LogP contribution is -2.51. The number of hydrogen-bond acceptors (Lipinski definition) is 3. The molecular formula is C25H28FNO3S. The van der Waals surface area contributed by atoms with Gasteiger partial charge in [0.25, 0.3) is 5.91 Å². The van der Waals surface area contributed by atoms with Crippen molar-refractivity contribution in [1.82, 2.24) is 5.32 Å². The van der Waals surface area contributed by atoms with E-state index < -0.39 is 5.97 Å². The quantitative estimate of drug-likeness (QED) is 0.385. The third-order valence-electron chi connectivity index (χ3n) is 6.93. The first-order valence-electron chi connectivity index (χ1n) is 10.8. The van der Waals surface area contributed by atoms with Crippen LogP contribution in [0.3, 0.4) is 0 Å². The molecule has 2 atom stereocenters. The number of allylic oxidation sites excluding steroid dienone is 3. The molecule has 1 heterocycles. The van der Waals surface area contributed by atoms with E-state index in [2.05, 4.69) is 25.2 Å². The maximum atomic E-state index is 13.7. The number of carboxylic acids is 1. The minimum absolute atomic E-state index is 0.0125. The predicted molar refractivity (Wildman–Crippen MR) is 122 cm³/mol. The van der Waals surface area contributed by atoms with Gasteiger partial charge in [-0.15, -0.1) is 11.3 Å². The smallest absolute Gasteiger partial charge is 0.303 e. The highest BCUT2D eigenvalue weighted by atomic mass is 32.1. The maximum Gasteiger partial charge on any atom is 0.303 e. The first-order valence-corrected chi connectivity index (χ1v) is 11.7. The monoisotopic (exact) mass is 441 g/mol. The molecule has 0 aliphatic heterocycles. The first kappa shape index (κ1) is 21.8. The van der Waals surface area contributed by atoms with Gasteiger partial charge in [-0.05, 0) is 67.2 Å². The fraction of sp³-hybridized carbons (Fsp3) is 0.440. The van der Waals surface area contributed by atoms with Gasteiger partial charge in [-0.1, -0.05) is 31.6 Å². The highest BCUT2D eigenvalue weighted by Crippen LogP contribution is 2.59. The van der Waals surface area contributed by atoms with Crippen molar-refractivity contribution in [1.29, 1.82) is 0 Å². The summed E-state index contributed by atoms with van der Waals surface area (Å²) in [6, 6.07) is 4.55. The second-order valence-electron chi connectivity index (χ2n) is 9.14. The molecule has 3 aliphatic rings. The lowest BCUT2D eigenvalue weighted by atomic mass is 9.51. The van der Waals surface area contributed by atoms with Gasteiger partial charge in [0, 0.05) is 21.9 Å². The molecule has 1 fully saturated rings. The Morgan fingerprint density at radius 1 is 1.32 bits per heavy atom. The summed E-state index contributed by atoms with van der Waals surface area (Å²) in [6.45, 7) is 4.56. The zero-order valence-electron chi connectivity index (χ0n) is 17.9. The number of unbranched alkanes of at least 4 members (excludes halogenated alkanes) is 1. The van der Waals surface area contributed by atoms with Crippen LogP contribution in [-0.2, 0) is 4.79 Å². The Labute approximate surface area is 185 Å². The van der Waals surface area contributed by atoms with E-state index in [0.29, 0.717) is 23.3 Å². The first-order chi connectivity index (χ1) is 14.8. The summed E-state index contributed by atoms with van der Waals surface area (Å²) in [7, 11) is 0. The Balaban J connectivity index is 1.49. The van der Waals surface area contributed by atoms with Gasteiger partial charge >= 0.3 is 5.97 Å². The van der Waals surface area contributed by atoms with Crippen molar-refractivity contribution >= 4 is 33.3 Å². The molecule has 31 heavy (non-hydrogen) atoms. The van der Waals surface area contributed by atoms with Crippen molar-refractivity contribution in [3.63, 3.8) is 0 Å². The summed E-state index contributed by atoms with van der Waals surface area (Å²) in [4.78, 5) is 23.7. The molecule has 4 nitrogen and oxygen atoms in total. The number of benzene rings is 1. The van der Waals surface area contributed by atoms with Gasteiger partial charge in [0.05, 0.1) is 11.6 Å². The van der Waals surface area contributed by atoms with Gasteiger partial charge in [-0.25, -0.2) is 4.39 Å². The Bertz CT molecular complexity index is 1080. The molecule has 1 amide bonds. The Morgan fingerprint density at radius 2 is 2.13 bits per heavy atom. The number of hydrogen-bond donors (Lipinski definition) is 2. The summed E-state index contributed by atoms with van der Waals surface area (Å²) in [5.41, 5.74) is 3.42. The number of carbonyl (C=O) groups excluding carboxylic acids is 1. The van der Waals surface area contributed by atoms with Crippen molar-refractivity contribution in [2.75, 3.05) is 0 Å². The molecule has 0 unspecified atom stereocenters. The van der Waals surface area contributed by atoms with Crippen molar-refractivity contribution < 1.29 is 19.1 Å². The van der Waals surface area contributed by atoms with E-state index in [4.69, 9.17) is 5.11 Å². The molecule has 2 aromatic rings. The van der Waals surface area contributed by atoms with Crippen molar-refractivity contribution in [3.05, 3.63) is 58.3 Å². The fourth-order valence-corrected chi connectivity index (χ4v) is 5.89. The number of rotatable bonds is 8. The predicted octanol–water partition coefficient (Wildman–Crippen LogP) is 6.09. The number of aliphatic carboxylic acids is 1. The molecule has 0 spiro atoms. The zero-order chi connectivity index (χ0) is 22.2. The van der Waals surface area contributed by atoms with E-state index in [0.717, 1.165) is 30.4 Å². The summed E-state index contributed by atoms with van der Waals surface area (Å²) < 4.78 is 14.6. The highest BCUT2D eigenvalue weighted by molar-refractivity contribution is 7.17. The van der Waals surface area contributed by atoms with Crippen LogP contribution in [0.4, 0.5) is 4.39 Å². The number of carboxylic acid groups (broad SMARTS) is 1. The molecule has 5 rings (SSSR count). The summed E-state index contributed by atoms with van der Waals surface area (Å²) in [5.74, 6) is -0.690. The Kier molecular flexibility index (Phi) is 6.02. The minimum Gasteiger partial charge on any atom is -0.481 e. The van der Waals surface area contributed by atoms with E-state index in [1.807, 2.05) is 11.5 Å². The van der Waals surface area contributed by atoms with Crippen LogP contribution in [0, 0.1) is 17.2 Å². The van der Waals surface area contributed by atoms with Crippen LogP contribution in [0.5, 0.6) is 0 Å². The maximum absolute atomic E-state index is 13.7. The fourth-order valence-electron chi connectivity index (χ4n) is 4.96. The highest BCUT2D eigenvalue weighted by Gasteiger charge is 2.50. The molecule has 164 valence electrons. The number of amides is 1. The molecular weight excluding hydrogens is 413 g/mol. The second-order valence-corrected chi connectivity index (χ2v) is 10.1. The second kappa shape index (κ2) is 8.58. The van der Waals surface area contributed by atoms with Crippen LogP contribution in [0.15, 0.2) is 46.9 Å². The van der Waals surface area contributed by atoms with Gasteiger partial charge < -0.3 is 10.4 Å². The van der Waals surface area contributed by atoms with Gasteiger partial charge in [0.15, 0.2) is 0 Å². The number of thiophene rings is 1. The third-order valence-corrected chi connectivity index (χ3v) is 7.89. The average Bonchev–Trinajstić information content (AvgIpc) is 3.13. The van der Waals surface area contributed by atoms with Gasteiger partial charge in [-0.2, -0.15) is 0 Å². The van der Waals surface area contributed by atoms with Crippen LogP contribution in [0.25, 0.3) is 10.1 Å². The van der Waals surface area contributed by atoms with E-state index in [9.17, 15) is 14.0 Å². The normalized spacial score (nSPS) is 22.0. The van der Waals surface area contributed by atoms with Crippen LogP contribution >= 0.6 is 11.3 Å². The van der Waals surface area contributed by atoms with Crippen molar-refractivity contribution in [2.45, 2.75) is 58.4 Å². The van der Waals surface area contributed by atoms with Crippen molar-refractivity contribution in [3.8, 4) is 0 Å². The van der Waals surface area contributed by atoms with Crippen molar-refractivity contribution in [2.24, 2.45) is 11.3 Å². The van der Waals surface area contributed by atoms with Crippen LogP contribution in [0.2, 0.25) is 0 Å². The molecule has 6 heteroatoms. The van der Waals surface area contributed by atoms with E-state index >= 15 is 0 Å². The molecule has 0 saturated heterocycles. The lowest BCUT2D eigenvalue weighted by molar-refractivity contribution is -0.137. The summed E-state index contributed by atoms with van der Waals surface area (Å²) >= 11 is 1.45. The number of halogens is 1. The number of nitrogens with one attached hydrogen (secondary N) is 1. The van der Waals surface area contributed by atoms with Gasteiger partial charge in [0.1, 0.15) is 5.82 Å². The van der Waals surface area contributed by atoms with Crippen LogP contribution in [-0.4, -0.2) is 23.0 Å². The molecule has 2 N–H and O–H groups in total. The SMILES string of the molecule is CC1(C)C2=C(C/C=C\CCCC(=O)O)[C@H](NC(=O)c3csc4ccc(F)cc34)C[C@H]1C2. The zero-order valence-corrected chi connectivity index (χ0v) is 18.7. The largest absolute Gasteiger partial charge is 0.481 e. The summed E-state index contributed by atoms with van der Waals surface area (Å²) in [6.07, 6.45) is 8.48. The van der Waals surface area contributed by atoms with E-state index in [1.54, 1.807) is 6.07 Å². The Morgan fingerprint density at radius 3 is 2.87 bits per heavy atom. The van der Waals surface area contributed by atoms with E-state index in [1.165, 1.54) is 34.6 Å². The number of fused-ring (bicyclic) bond motifs is 3. The summed E-state index contributed by atoms with van der Waals surface area (Å²) in [5, 5.41) is 14.5. The third kappa shape index (κ3) is 4.31. The lowest BCUT2D eigenvalue weighted by Gasteiger charge is -2.55. The molecule has 1 aromatic heterocycles. The molecule has 0 radical (unpaired) electrons. The molecule has 2 bridgehead atoms. The topological polar surface area (TPSA) is 66.4 Å². The minimum atomic E-state index is -0.767. The average molecular weight is 442 g/mol. The molecule has 1 saturated carbocycles. The van der Waals surface area contributed by atoms with Gasteiger partial charge in [0.2, 0.25) is 0 Å². The van der Waals surface area contributed by atoms with Crippen LogP contribution in [0.1, 0.15) is 62.7 Å². The standard InChI is InChI=1S/C25H28FNO3S/c1-25(2)15-11-20(25)17(7-5-3-4-6-8-23(28)29)21(12-15)27-24(30)19-14-31-22-10-9-16(26)13-18(19)22/h3,5,9-10,13-15,21H,4,6-8,11-12H2,1-2H3,(H,27,30)(H,28,29)/b5-3-/t15-,21-/m1/s1. The molecule has 3 aliphatic carbocycles. The molecule has 1 aromatic carbocycles. The van der Waals surface area contributed by atoms with Gasteiger partial charge in [-0.3, -0.25) is 9.59 Å². The Hall–Kier alpha value is -2.47. The van der Waals surface area contributed by atoms with Crippen LogP contribution < -0.4 is 5.32 Å². The number of carbonyl (C=O) groups is 2.